The predicted molar refractivity (Wildman–Crippen MR) is 92.3 cm³/mol. The first-order chi connectivity index (χ1) is 10.9. The third-order valence-corrected chi connectivity index (χ3v) is 4.76. The number of aryl methyl sites for hydroxylation is 2. The average Bonchev–Trinajstić information content (AvgIpc) is 2.92. The Balaban J connectivity index is 2.04. The van der Waals surface area contributed by atoms with Crippen LogP contribution in [0.4, 0.5) is 5.00 Å². The summed E-state index contributed by atoms with van der Waals surface area (Å²) in [5, 5.41) is 3.18. The maximum atomic E-state index is 12.1. The Morgan fingerprint density at radius 3 is 2.70 bits per heavy atom. The number of ether oxygens (including phenoxy) is 1. The monoisotopic (exact) mass is 332 g/mol. The van der Waals surface area contributed by atoms with Gasteiger partial charge in [-0.1, -0.05) is 19.1 Å². The number of amides is 2. The summed E-state index contributed by atoms with van der Waals surface area (Å²) >= 11 is 1.36. The summed E-state index contributed by atoms with van der Waals surface area (Å²) in [4.78, 5) is 24.5. The first-order valence-corrected chi connectivity index (χ1v) is 8.15. The van der Waals surface area contributed by atoms with Crippen molar-refractivity contribution in [2.75, 3.05) is 11.9 Å². The van der Waals surface area contributed by atoms with Crippen molar-refractivity contribution < 1.29 is 14.3 Å². The molecule has 0 atom stereocenters. The summed E-state index contributed by atoms with van der Waals surface area (Å²) in [6.45, 7) is 5.79. The highest BCUT2D eigenvalue weighted by molar-refractivity contribution is 7.16. The van der Waals surface area contributed by atoms with E-state index in [9.17, 15) is 9.59 Å². The lowest BCUT2D eigenvalue weighted by atomic mass is 10.1. The van der Waals surface area contributed by atoms with E-state index in [2.05, 4.69) is 5.32 Å². The van der Waals surface area contributed by atoms with Crippen LogP contribution in [-0.4, -0.2) is 18.4 Å². The third kappa shape index (κ3) is 4.10. The zero-order valence-corrected chi connectivity index (χ0v) is 14.3. The molecule has 0 bridgehead atoms. The molecule has 0 aliphatic carbocycles. The molecule has 0 fully saturated rings. The molecule has 2 aromatic rings. The fourth-order valence-electron chi connectivity index (χ4n) is 2.08. The number of carbonyl (C=O) groups excluding carboxylic acids is 2. The van der Waals surface area contributed by atoms with Crippen LogP contribution in [-0.2, 0) is 11.2 Å². The SMILES string of the molecule is CCc1cc(C(N)=O)c(NC(=O)COc2cccc(C)c2C)s1. The number of thiophene rings is 1. The molecule has 1 heterocycles. The van der Waals surface area contributed by atoms with Crippen LogP contribution < -0.4 is 15.8 Å². The van der Waals surface area contributed by atoms with Crippen molar-refractivity contribution in [1.82, 2.24) is 0 Å². The second-order valence-electron chi connectivity index (χ2n) is 5.21. The molecule has 0 unspecified atom stereocenters. The topological polar surface area (TPSA) is 81.4 Å². The van der Waals surface area contributed by atoms with Gasteiger partial charge in [-0.25, -0.2) is 0 Å². The number of rotatable bonds is 6. The van der Waals surface area contributed by atoms with E-state index in [-0.39, 0.29) is 12.5 Å². The Kier molecular flexibility index (Phi) is 5.39. The van der Waals surface area contributed by atoms with Gasteiger partial charge in [0, 0.05) is 4.88 Å². The highest BCUT2D eigenvalue weighted by Gasteiger charge is 2.16. The van der Waals surface area contributed by atoms with Crippen molar-refractivity contribution in [1.29, 1.82) is 0 Å². The Hall–Kier alpha value is -2.34. The van der Waals surface area contributed by atoms with E-state index >= 15 is 0 Å². The molecule has 0 aliphatic rings. The highest BCUT2D eigenvalue weighted by atomic mass is 32.1. The molecule has 2 amide bonds. The largest absolute Gasteiger partial charge is 0.483 e. The van der Waals surface area contributed by atoms with Gasteiger partial charge in [-0.15, -0.1) is 11.3 Å². The van der Waals surface area contributed by atoms with E-state index in [4.69, 9.17) is 10.5 Å². The second kappa shape index (κ2) is 7.28. The normalized spacial score (nSPS) is 10.4. The molecule has 0 radical (unpaired) electrons. The van der Waals surface area contributed by atoms with Gasteiger partial charge in [-0.05, 0) is 43.5 Å². The van der Waals surface area contributed by atoms with E-state index in [0.717, 1.165) is 22.4 Å². The molecular weight excluding hydrogens is 312 g/mol. The minimum Gasteiger partial charge on any atom is -0.483 e. The van der Waals surface area contributed by atoms with E-state index in [0.29, 0.717) is 16.3 Å². The minimum atomic E-state index is -0.549. The zero-order valence-electron chi connectivity index (χ0n) is 13.4. The van der Waals surface area contributed by atoms with Gasteiger partial charge in [0.05, 0.1) is 5.56 Å². The lowest BCUT2D eigenvalue weighted by Gasteiger charge is -2.10. The first-order valence-electron chi connectivity index (χ1n) is 7.33. The lowest BCUT2D eigenvalue weighted by Crippen LogP contribution is -2.22. The molecule has 6 heteroatoms. The van der Waals surface area contributed by atoms with E-state index in [1.807, 2.05) is 39.0 Å². The van der Waals surface area contributed by atoms with Gasteiger partial charge >= 0.3 is 0 Å². The van der Waals surface area contributed by atoms with E-state index in [1.54, 1.807) is 6.07 Å². The molecule has 23 heavy (non-hydrogen) atoms. The maximum Gasteiger partial charge on any atom is 0.262 e. The highest BCUT2D eigenvalue weighted by Crippen LogP contribution is 2.28. The van der Waals surface area contributed by atoms with E-state index < -0.39 is 5.91 Å². The summed E-state index contributed by atoms with van der Waals surface area (Å²) in [7, 11) is 0. The van der Waals surface area contributed by atoms with Crippen molar-refractivity contribution >= 4 is 28.2 Å². The molecular formula is C17H20N2O3S. The summed E-state index contributed by atoms with van der Waals surface area (Å²) in [5.74, 6) is -0.194. The minimum absolute atomic E-state index is 0.123. The van der Waals surface area contributed by atoms with Crippen LogP contribution in [0.3, 0.4) is 0 Å². The molecule has 0 saturated carbocycles. The molecule has 5 nitrogen and oxygen atoms in total. The number of anilines is 1. The first kappa shape index (κ1) is 17.0. The van der Waals surface area contributed by atoms with Crippen LogP contribution in [0.25, 0.3) is 0 Å². The average molecular weight is 332 g/mol. The van der Waals surface area contributed by atoms with Crippen LogP contribution in [0.2, 0.25) is 0 Å². The molecule has 1 aromatic heterocycles. The van der Waals surface area contributed by atoms with E-state index in [1.165, 1.54) is 11.3 Å². The number of nitrogens with one attached hydrogen (secondary N) is 1. The van der Waals surface area contributed by atoms with Gasteiger partial charge in [-0.3, -0.25) is 9.59 Å². The molecule has 1 aromatic carbocycles. The molecule has 0 spiro atoms. The van der Waals surface area contributed by atoms with Gasteiger partial charge in [0.1, 0.15) is 10.8 Å². The molecule has 2 rings (SSSR count). The summed E-state index contributed by atoms with van der Waals surface area (Å²) in [6.07, 6.45) is 0.778. The molecule has 3 N–H and O–H groups in total. The third-order valence-electron chi connectivity index (χ3n) is 3.56. The smallest absolute Gasteiger partial charge is 0.262 e. The Morgan fingerprint density at radius 1 is 1.30 bits per heavy atom. The fraction of sp³-hybridized carbons (Fsp3) is 0.294. The fourth-order valence-corrected chi connectivity index (χ4v) is 3.10. The van der Waals surface area contributed by atoms with Crippen LogP contribution >= 0.6 is 11.3 Å². The van der Waals surface area contributed by atoms with Crippen LogP contribution in [0.15, 0.2) is 24.3 Å². The quantitative estimate of drug-likeness (QED) is 0.853. The van der Waals surface area contributed by atoms with Crippen molar-refractivity contribution in [3.8, 4) is 5.75 Å². The van der Waals surface area contributed by atoms with Gasteiger partial charge in [-0.2, -0.15) is 0 Å². The number of carbonyl (C=O) groups is 2. The standard InChI is InChI=1S/C17H20N2O3S/c1-4-12-8-13(16(18)21)17(23-12)19-15(20)9-22-14-7-5-6-10(2)11(14)3/h5-8H,4,9H2,1-3H3,(H2,18,21)(H,19,20). The molecule has 0 saturated heterocycles. The zero-order chi connectivity index (χ0) is 17.0. The van der Waals surface area contributed by atoms with Crippen molar-refractivity contribution in [3.05, 3.63) is 45.8 Å². The Bertz CT molecular complexity index is 737. The van der Waals surface area contributed by atoms with Crippen LogP contribution in [0.5, 0.6) is 5.75 Å². The number of primary amides is 1. The van der Waals surface area contributed by atoms with Gasteiger partial charge in [0.25, 0.3) is 11.8 Å². The Morgan fingerprint density at radius 2 is 2.04 bits per heavy atom. The van der Waals surface area contributed by atoms with Gasteiger partial charge in [0.2, 0.25) is 0 Å². The van der Waals surface area contributed by atoms with Crippen molar-refractivity contribution in [3.63, 3.8) is 0 Å². The predicted octanol–water partition coefficient (Wildman–Crippen LogP) is 3.04. The molecule has 122 valence electrons. The van der Waals surface area contributed by atoms with Gasteiger partial charge in [0.15, 0.2) is 6.61 Å². The number of hydrogen-bond donors (Lipinski definition) is 2. The van der Waals surface area contributed by atoms with Crippen LogP contribution in [0.1, 0.15) is 33.3 Å². The van der Waals surface area contributed by atoms with Gasteiger partial charge < -0.3 is 15.8 Å². The molecule has 0 aliphatic heterocycles. The lowest BCUT2D eigenvalue weighted by molar-refractivity contribution is -0.118. The Labute approximate surface area is 139 Å². The van der Waals surface area contributed by atoms with Crippen molar-refractivity contribution in [2.45, 2.75) is 27.2 Å². The van der Waals surface area contributed by atoms with Crippen LogP contribution in [0, 0.1) is 13.8 Å². The summed E-state index contributed by atoms with van der Waals surface area (Å²) in [6, 6.07) is 7.41. The second-order valence-corrected chi connectivity index (χ2v) is 6.34. The number of benzene rings is 1. The summed E-state index contributed by atoms with van der Waals surface area (Å²) in [5.41, 5.74) is 7.79. The number of hydrogen-bond acceptors (Lipinski definition) is 4. The maximum absolute atomic E-state index is 12.1. The van der Waals surface area contributed by atoms with Crippen molar-refractivity contribution in [2.24, 2.45) is 5.73 Å². The number of nitrogens with two attached hydrogens (primary N) is 1. The summed E-state index contributed by atoms with van der Waals surface area (Å²) < 4.78 is 5.56.